The Hall–Kier alpha value is -3.74. The minimum atomic E-state index is -0.564. The largest absolute Gasteiger partial charge is 0.473 e. The third-order valence-electron chi connectivity index (χ3n) is 3.91. The summed E-state index contributed by atoms with van der Waals surface area (Å²) in [7, 11) is 0. The molecule has 0 fully saturated rings. The van der Waals surface area contributed by atoms with E-state index in [1.807, 2.05) is 36.4 Å². The highest BCUT2D eigenvalue weighted by molar-refractivity contribution is 5.99. The number of fused-ring (bicyclic) bond motifs is 1. The van der Waals surface area contributed by atoms with Gasteiger partial charge in [-0.15, -0.1) is 5.10 Å². The van der Waals surface area contributed by atoms with E-state index in [4.69, 9.17) is 10.5 Å². The van der Waals surface area contributed by atoms with Crippen molar-refractivity contribution >= 4 is 11.6 Å². The Morgan fingerprint density at radius 1 is 1.12 bits per heavy atom. The zero-order valence-electron chi connectivity index (χ0n) is 13.7. The summed E-state index contributed by atoms with van der Waals surface area (Å²) in [6.07, 6.45) is 4.18. The maximum Gasteiger partial charge on any atom is 0.252 e. The monoisotopic (exact) mass is 344 g/mol. The van der Waals surface area contributed by atoms with E-state index in [9.17, 15) is 4.79 Å². The van der Waals surface area contributed by atoms with Crippen molar-refractivity contribution in [2.24, 2.45) is 5.73 Å². The molecule has 2 N–H and O–H groups in total. The molecular formula is C19H14N5O2. The number of nitrogens with zero attached hydrogens (tertiary/aromatic N) is 4. The number of primary amides is 1. The topological polar surface area (TPSA) is 95.4 Å². The number of amides is 1. The molecule has 4 rings (SSSR count). The van der Waals surface area contributed by atoms with Crippen molar-refractivity contribution < 1.29 is 9.53 Å². The molecule has 0 spiro atoms. The molecule has 0 aliphatic carbocycles. The van der Waals surface area contributed by atoms with Gasteiger partial charge in [-0.1, -0.05) is 30.3 Å². The number of nitrogens with two attached hydrogens (primary N) is 1. The van der Waals surface area contributed by atoms with Crippen LogP contribution in [0.15, 0.2) is 60.8 Å². The average Bonchev–Trinajstić information content (AvgIpc) is 3.16. The number of hydrogen-bond donors (Lipinski definition) is 1. The van der Waals surface area contributed by atoms with Gasteiger partial charge in [0.1, 0.15) is 6.61 Å². The second-order valence-electron chi connectivity index (χ2n) is 5.60. The van der Waals surface area contributed by atoms with Gasteiger partial charge in [0.25, 0.3) is 5.91 Å². The summed E-state index contributed by atoms with van der Waals surface area (Å²) in [6, 6.07) is 16.9. The summed E-state index contributed by atoms with van der Waals surface area (Å²) in [5.41, 5.74) is 8.61. The molecule has 3 aromatic heterocycles. The Labute approximate surface area is 149 Å². The van der Waals surface area contributed by atoms with Crippen LogP contribution in [0.3, 0.4) is 0 Å². The fourth-order valence-corrected chi connectivity index (χ4v) is 2.62. The van der Waals surface area contributed by atoms with Gasteiger partial charge in [-0.25, -0.2) is 14.5 Å². The first-order chi connectivity index (χ1) is 12.7. The summed E-state index contributed by atoms with van der Waals surface area (Å²) in [4.78, 5) is 19.8. The van der Waals surface area contributed by atoms with Gasteiger partial charge in [0.05, 0.1) is 11.3 Å². The fraction of sp³-hybridized carbons (Fsp3) is 0.0526. The van der Waals surface area contributed by atoms with Crippen LogP contribution in [0.5, 0.6) is 5.88 Å². The first kappa shape index (κ1) is 15.8. The Bertz CT molecular complexity index is 1060. The second kappa shape index (κ2) is 6.64. The van der Waals surface area contributed by atoms with E-state index in [2.05, 4.69) is 21.4 Å². The minimum absolute atomic E-state index is 0.290. The SMILES string of the molecule is NC(=O)c1ccc(-c2ccc(OCc3ccccc3)nc2)n2n[c]nc12. The lowest BCUT2D eigenvalue weighted by atomic mass is 10.1. The van der Waals surface area contributed by atoms with Crippen molar-refractivity contribution in [3.05, 3.63) is 78.2 Å². The van der Waals surface area contributed by atoms with Crippen molar-refractivity contribution in [3.8, 4) is 17.1 Å². The molecule has 7 heteroatoms. The van der Waals surface area contributed by atoms with Gasteiger partial charge in [0.2, 0.25) is 12.2 Å². The Morgan fingerprint density at radius 2 is 1.96 bits per heavy atom. The summed E-state index contributed by atoms with van der Waals surface area (Å²) >= 11 is 0. The van der Waals surface area contributed by atoms with Crippen molar-refractivity contribution in [3.63, 3.8) is 0 Å². The summed E-state index contributed by atoms with van der Waals surface area (Å²) in [6.45, 7) is 0.447. The number of pyridine rings is 2. The Balaban J connectivity index is 1.59. The van der Waals surface area contributed by atoms with Gasteiger partial charge in [-0.3, -0.25) is 4.79 Å². The standard InChI is InChI=1S/C19H14N5O2/c20-18(25)15-7-8-16(24-19(15)22-12-23-24)14-6-9-17(21-10-14)26-11-13-4-2-1-3-5-13/h1-10H,11H2,(H2,20,25). The first-order valence-corrected chi connectivity index (χ1v) is 7.91. The number of rotatable bonds is 5. The van der Waals surface area contributed by atoms with E-state index >= 15 is 0 Å². The lowest BCUT2D eigenvalue weighted by Crippen LogP contribution is -2.13. The van der Waals surface area contributed by atoms with Crippen molar-refractivity contribution in [1.82, 2.24) is 19.6 Å². The van der Waals surface area contributed by atoms with Gasteiger partial charge in [-0.05, 0) is 23.8 Å². The fourth-order valence-electron chi connectivity index (χ4n) is 2.62. The molecular weight excluding hydrogens is 330 g/mol. The summed E-state index contributed by atoms with van der Waals surface area (Å²) in [5.74, 6) is -0.0431. The lowest BCUT2D eigenvalue weighted by molar-refractivity contribution is 0.100. The van der Waals surface area contributed by atoms with Crippen LogP contribution in [0.1, 0.15) is 15.9 Å². The van der Waals surface area contributed by atoms with Crippen LogP contribution in [-0.4, -0.2) is 25.5 Å². The van der Waals surface area contributed by atoms with Crippen LogP contribution in [0.2, 0.25) is 0 Å². The number of aromatic nitrogens is 4. The maximum absolute atomic E-state index is 11.5. The molecule has 4 aromatic rings. The van der Waals surface area contributed by atoms with Crippen molar-refractivity contribution in [2.45, 2.75) is 6.61 Å². The molecule has 1 radical (unpaired) electrons. The van der Waals surface area contributed by atoms with Crippen molar-refractivity contribution in [2.75, 3.05) is 0 Å². The molecule has 0 unspecified atom stereocenters. The molecule has 7 nitrogen and oxygen atoms in total. The van der Waals surface area contributed by atoms with E-state index in [0.29, 0.717) is 23.7 Å². The Kier molecular flexibility index (Phi) is 4.03. The predicted molar refractivity (Wildman–Crippen MR) is 94.3 cm³/mol. The summed E-state index contributed by atoms with van der Waals surface area (Å²) in [5, 5.41) is 4.05. The van der Waals surface area contributed by atoms with E-state index < -0.39 is 5.91 Å². The van der Waals surface area contributed by atoms with Gasteiger partial charge in [0, 0.05) is 17.8 Å². The predicted octanol–water partition coefficient (Wildman–Crippen LogP) is 2.27. The number of ether oxygens (including phenoxy) is 1. The van der Waals surface area contributed by atoms with E-state index in [0.717, 1.165) is 16.8 Å². The number of carbonyl (C=O) groups is 1. The van der Waals surface area contributed by atoms with E-state index in [1.54, 1.807) is 24.4 Å². The van der Waals surface area contributed by atoms with Crippen LogP contribution >= 0.6 is 0 Å². The average molecular weight is 344 g/mol. The third kappa shape index (κ3) is 2.98. The summed E-state index contributed by atoms with van der Waals surface area (Å²) < 4.78 is 7.21. The second-order valence-corrected chi connectivity index (χ2v) is 5.60. The van der Waals surface area contributed by atoms with Crippen LogP contribution in [0.4, 0.5) is 0 Å². The van der Waals surface area contributed by atoms with Crippen LogP contribution in [0.25, 0.3) is 16.9 Å². The number of carbonyl (C=O) groups excluding carboxylic acids is 1. The van der Waals surface area contributed by atoms with Crippen LogP contribution in [-0.2, 0) is 6.61 Å². The van der Waals surface area contributed by atoms with Crippen LogP contribution < -0.4 is 10.5 Å². The minimum Gasteiger partial charge on any atom is -0.473 e. The maximum atomic E-state index is 11.5. The molecule has 0 aliphatic rings. The van der Waals surface area contributed by atoms with Gasteiger partial charge in [0.15, 0.2) is 5.65 Å². The molecule has 0 aliphatic heterocycles. The molecule has 1 aromatic carbocycles. The van der Waals surface area contributed by atoms with Gasteiger partial charge < -0.3 is 10.5 Å². The van der Waals surface area contributed by atoms with E-state index in [1.165, 1.54) is 4.52 Å². The zero-order chi connectivity index (χ0) is 17.9. The molecule has 1 amide bonds. The highest BCUT2D eigenvalue weighted by atomic mass is 16.5. The van der Waals surface area contributed by atoms with E-state index in [-0.39, 0.29) is 0 Å². The highest BCUT2D eigenvalue weighted by Crippen LogP contribution is 2.22. The third-order valence-corrected chi connectivity index (χ3v) is 3.91. The molecule has 0 atom stereocenters. The molecule has 0 bridgehead atoms. The smallest absolute Gasteiger partial charge is 0.252 e. The lowest BCUT2D eigenvalue weighted by Gasteiger charge is -2.08. The highest BCUT2D eigenvalue weighted by Gasteiger charge is 2.13. The molecule has 0 saturated heterocycles. The normalized spacial score (nSPS) is 10.8. The van der Waals surface area contributed by atoms with Gasteiger partial charge in [-0.2, -0.15) is 0 Å². The Morgan fingerprint density at radius 3 is 2.69 bits per heavy atom. The molecule has 127 valence electrons. The van der Waals surface area contributed by atoms with Gasteiger partial charge >= 0.3 is 0 Å². The quantitative estimate of drug-likeness (QED) is 0.599. The molecule has 26 heavy (non-hydrogen) atoms. The molecule has 0 saturated carbocycles. The number of hydrogen-bond acceptors (Lipinski definition) is 5. The molecule has 3 heterocycles. The number of benzene rings is 1. The van der Waals surface area contributed by atoms with Crippen molar-refractivity contribution in [1.29, 1.82) is 0 Å². The zero-order valence-corrected chi connectivity index (χ0v) is 13.7. The van der Waals surface area contributed by atoms with Crippen LogP contribution in [0, 0.1) is 6.33 Å². The first-order valence-electron chi connectivity index (χ1n) is 7.91.